The third kappa shape index (κ3) is 4.25. The van der Waals surface area contributed by atoms with Crippen LogP contribution < -0.4 is 9.47 Å². The first kappa shape index (κ1) is 15.9. The van der Waals surface area contributed by atoms with Crippen molar-refractivity contribution in [2.75, 3.05) is 14.2 Å². The molecule has 22 heavy (non-hydrogen) atoms. The highest BCUT2D eigenvalue weighted by molar-refractivity contribution is 5.71. The Morgan fingerprint density at radius 3 is 1.77 bits per heavy atom. The fourth-order valence-corrected chi connectivity index (χ4v) is 2.41. The van der Waals surface area contributed by atoms with E-state index in [1.165, 1.54) is 0 Å². The van der Waals surface area contributed by atoms with Gasteiger partial charge in [-0.25, -0.2) is 0 Å². The van der Waals surface area contributed by atoms with Crippen molar-refractivity contribution in [2.24, 2.45) is 5.92 Å². The molecule has 0 aliphatic carbocycles. The zero-order chi connectivity index (χ0) is 15.9. The van der Waals surface area contributed by atoms with E-state index in [-0.39, 0.29) is 0 Å². The van der Waals surface area contributed by atoms with Crippen LogP contribution in [0, 0.1) is 5.92 Å². The summed E-state index contributed by atoms with van der Waals surface area (Å²) in [5.41, 5.74) is 1.91. The van der Waals surface area contributed by atoms with Crippen molar-refractivity contribution in [3.63, 3.8) is 0 Å². The topological polar surface area (TPSA) is 55.8 Å². The Kier molecular flexibility index (Phi) is 5.42. The van der Waals surface area contributed by atoms with Gasteiger partial charge in [0.2, 0.25) is 0 Å². The maximum absolute atomic E-state index is 11.6. The molecular weight excluding hydrogens is 280 g/mol. The minimum absolute atomic E-state index is 0.462. The van der Waals surface area contributed by atoms with E-state index in [1.54, 1.807) is 14.2 Å². The summed E-state index contributed by atoms with van der Waals surface area (Å²) in [6.07, 6.45) is 0.924. The van der Waals surface area contributed by atoms with Crippen molar-refractivity contribution in [2.45, 2.75) is 12.8 Å². The fraction of sp³-hybridized carbons (Fsp3) is 0.278. The van der Waals surface area contributed by atoms with Crippen LogP contribution in [0.5, 0.6) is 11.5 Å². The van der Waals surface area contributed by atoms with E-state index in [2.05, 4.69) is 0 Å². The van der Waals surface area contributed by atoms with Crippen LogP contribution in [0.15, 0.2) is 48.5 Å². The maximum atomic E-state index is 11.6. The van der Waals surface area contributed by atoms with Crippen LogP contribution in [0.4, 0.5) is 0 Å². The van der Waals surface area contributed by atoms with Crippen LogP contribution >= 0.6 is 0 Å². The monoisotopic (exact) mass is 300 g/mol. The average molecular weight is 300 g/mol. The number of methoxy groups -OCH3 is 2. The Balaban J connectivity index is 2.14. The van der Waals surface area contributed by atoms with Crippen LogP contribution in [0.1, 0.15) is 11.1 Å². The predicted molar refractivity (Wildman–Crippen MR) is 84.5 cm³/mol. The van der Waals surface area contributed by atoms with E-state index in [4.69, 9.17) is 9.47 Å². The summed E-state index contributed by atoms with van der Waals surface area (Å²) >= 11 is 0. The lowest BCUT2D eigenvalue weighted by Gasteiger charge is -2.14. The Hall–Kier alpha value is -2.49. The second-order valence-electron chi connectivity index (χ2n) is 5.15. The van der Waals surface area contributed by atoms with E-state index in [1.807, 2.05) is 48.5 Å². The molecule has 0 fully saturated rings. The molecule has 0 amide bonds. The Morgan fingerprint density at radius 1 is 0.955 bits per heavy atom. The van der Waals surface area contributed by atoms with Gasteiger partial charge in [0.15, 0.2) is 0 Å². The summed E-state index contributed by atoms with van der Waals surface area (Å²) in [5, 5.41) is 9.49. The van der Waals surface area contributed by atoms with Crippen molar-refractivity contribution in [1.29, 1.82) is 0 Å². The van der Waals surface area contributed by atoms with Gasteiger partial charge in [0.05, 0.1) is 20.1 Å². The summed E-state index contributed by atoms with van der Waals surface area (Å²) in [5.74, 6) is 0.191. The largest absolute Gasteiger partial charge is 0.497 e. The van der Waals surface area contributed by atoms with E-state index >= 15 is 0 Å². The molecule has 2 aromatic carbocycles. The summed E-state index contributed by atoms with van der Waals surface area (Å²) in [7, 11) is 3.20. The van der Waals surface area contributed by atoms with Crippen molar-refractivity contribution in [1.82, 2.24) is 0 Å². The van der Waals surface area contributed by atoms with Gasteiger partial charge in [-0.1, -0.05) is 24.3 Å². The van der Waals surface area contributed by atoms with Gasteiger partial charge >= 0.3 is 5.97 Å². The molecule has 4 nitrogen and oxygen atoms in total. The minimum atomic E-state index is -0.800. The predicted octanol–water partition coefficient (Wildman–Crippen LogP) is 3.19. The zero-order valence-electron chi connectivity index (χ0n) is 12.8. The average Bonchev–Trinajstić information content (AvgIpc) is 2.54. The van der Waals surface area contributed by atoms with Crippen LogP contribution in [-0.4, -0.2) is 25.3 Å². The lowest BCUT2D eigenvalue weighted by Crippen LogP contribution is -2.19. The van der Waals surface area contributed by atoms with Gasteiger partial charge in [-0.05, 0) is 48.2 Å². The molecule has 0 radical (unpaired) electrons. The molecule has 0 saturated heterocycles. The van der Waals surface area contributed by atoms with E-state index < -0.39 is 11.9 Å². The molecule has 0 bridgehead atoms. The highest BCUT2D eigenvalue weighted by Crippen LogP contribution is 2.21. The van der Waals surface area contributed by atoms with Gasteiger partial charge < -0.3 is 14.6 Å². The molecule has 2 aromatic rings. The van der Waals surface area contributed by atoms with Crippen LogP contribution in [0.2, 0.25) is 0 Å². The van der Waals surface area contributed by atoms with Gasteiger partial charge in [0.1, 0.15) is 11.5 Å². The molecule has 116 valence electrons. The third-order valence-electron chi connectivity index (χ3n) is 3.58. The number of hydrogen-bond acceptors (Lipinski definition) is 3. The van der Waals surface area contributed by atoms with E-state index in [0.29, 0.717) is 12.8 Å². The normalized spacial score (nSPS) is 10.5. The second kappa shape index (κ2) is 7.50. The molecule has 4 heteroatoms. The van der Waals surface area contributed by atoms with E-state index in [0.717, 1.165) is 22.6 Å². The Labute approximate surface area is 130 Å². The Bertz CT molecular complexity index is 587. The van der Waals surface area contributed by atoms with Gasteiger partial charge in [-0.3, -0.25) is 4.79 Å². The number of carboxylic acid groups (broad SMARTS) is 1. The van der Waals surface area contributed by atoms with Crippen LogP contribution in [0.25, 0.3) is 0 Å². The zero-order valence-corrected chi connectivity index (χ0v) is 12.8. The van der Waals surface area contributed by atoms with Crippen LogP contribution in [0.3, 0.4) is 0 Å². The standard InChI is InChI=1S/C18H20O4/c1-21-16-7-3-5-13(11-16)9-15(18(19)20)10-14-6-4-8-17(12-14)22-2/h3-8,11-12,15H,9-10H2,1-2H3,(H,19,20). The highest BCUT2D eigenvalue weighted by atomic mass is 16.5. The number of carboxylic acids is 1. The lowest BCUT2D eigenvalue weighted by molar-refractivity contribution is -0.141. The van der Waals surface area contributed by atoms with Crippen molar-refractivity contribution in [3.05, 3.63) is 59.7 Å². The van der Waals surface area contributed by atoms with Crippen molar-refractivity contribution in [3.8, 4) is 11.5 Å². The molecule has 0 aromatic heterocycles. The highest BCUT2D eigenvalue weighted by Gasteiger charge is 2.19. The summed E-state index contributed by atoms with van der Waals surface area (Å²) in [4.78, 5) is 11.6. The number of ether oxygens (including phenoxy) is 2. The number of rotatable bonds is 7. The lowest BCUT2D eigenvalue weighted by atomic mass is 9.92. The summed E-state index contributed by atoms with van der Waals surface area (Å²) in [6, 6.07) is 15.0. The van der Waals surface area contributed by atoms with E-state index in [9.17, 15) is 9.90 Å². The molecular formula is C18H20O4. The molecule has 0 saturated carbocycles. The first-order valence-electron chi connectivity index (χ1n) is 7.11. The van der Waals surface area contributed by atoms with Gasteiger partial charge in [-0.2, -0.15) is 0 Å². The molecule has 0 aliphatic heterocycles. The minimum Gasteiger partial charge on any atom is -0.497 e. The maximum Gasteiger partial charge on any atom is 0.307 e. The first-order valence-corrected chi connectivity index (χ1v) is 7.11. The second-order valence-corrected chi connectivity index (χ2v) is 5.15. The van der Waals surface area contributed by atoms with Crippen molar-refractivity contribution >= 4 is 5.97 Å². The number of benzene rings is 2. The molecule has 0 heterocycles. The first-order chi connectivity index (χ1) is 10.6. The van der Waals surface area contributed by atoms with Gasteiger partial charge in [0, 0.05) is 0 Å². The number of aliphatic carboxylic acids is 1. The molecule has 2 rings (SSSR count). The van der Waals surface area contributed by atoms with Gasteiger partial charge in [0.25, 0.3) is 0 Å². The van der Waals surface area contributed by atoms with Gasteiger partial charge in [-0.15, -0.1) is 0 Å². The molecule has 0 aliphatic rings. The summed E-state index contributed by atoms with van der Waals surface area (Å²) in [6.45, 7) is 0. The smallest absolute Gasteiger partial charge is 0.307 e. The third-order valence-corrected chi connectivity index (χ3v) is 3.58. The Morgan fingerprint density at radius 2 is 1.41 bits per heavy atom. The SMILES string of the molecule is COc1cccc(CC(Cc2cccc(OC)c2)C(=O)O)c1. The molecule has 0 spiro atoms. The molecule has 0 unspecified atom stereocenters. The fourth-order valence-electron chi connectivity index (χ4n) is 2.41. The number of carbonyl (C=O) groups is 1. The molecule has 0 atom stereocenters. The number of hydrogen-bond donors (Lipinski definition) is 1. The molecule has 1 N–H and O–H groups in total. The van der Waals surface area contributed by atoms with Crippen LogP contribution in [-0.2, 0) is 17.6 Å². The van der Waals surface area contributed by atoms with Crippen molar-refractivity contribution < 1.29 is 19.4 Å². The quantitative estimate of drug-likeness (QED) is 0.853. The summed E-state index contributed by atoms with van der Waals surface area (Å²) < 4.78 is 10.4.